The van der Waals surface area contributed by atoms with Gasteiger partial charge >= 0.3 is 6.18 Å². The first-order valence-corrected chi connectivity index (χ1v) is 5.55. The lowest BCUT2D eigenvalue weighted by atomic mass is 10.2. The third-order valence-corrected chi connectivity index (χ3v) is 2.29. The number of hydrogen-bond donors (Lipinski definition) is 3. The Kier molecular flexibility index (Phi) is 5.31. The van der Waals surface area contributed by atoms with Gasteiger partial charge in [-0.1, -0.05) is 0 Å². The first-order valence-electron chi connectivity index (χ1n) is 5.55. The van der Waals surface area contributed by atoms with E-state index in [1.807, 2.05) is 12.3 Å². The second kappa shape index (κ2) is 6.53. The van der Waals surface area contributed by atoms with Crippen molar-refractivity contribution >= 4 is 11.8 Å². The summed E-state index contributed by atoms with van der Waals surface area (Å²) in [6.45, 7) is 2.30. The van der Waals surface area contributed by atoms with E-state index in [1.54, 1.807) is 7.11 Å². The number of rotatable bonds is 6. The Morgan fingerprint density at radius 2 is 2.11 bits per heavy atom. The minimum Gasteiger partial charge on any atom is -0.385 e. The molecule has 1 aromatic heterocycles. The second-order valence-electron chi connectivity index (χ2n) is 3.93. The van der Waals surface area contributed by atoms with E-state index < -0.39 is 11.9 Å². The average Bonchev–Trinajstić information content (AvgIpc) is 2.34. The zero-order valence-corrected chi connectivity index (χ0v) is 10.6. The molecule has 0 amide bonds. The molecule has 0 saturated carbocycles. The number of nitrogen functional groups attached to an aromatic ring is 1. The number of methoxy groups -OCH3 is 1. The molecule has 1 rings (SSSR count). The molecule has 108 valence electrons. The summed E-state index contributed by atoms with van der Waals surface area (Å²) in [5, 5.41) is 2.84. The molecule has 1 heterocycles. The minimum absolute atomic E-state index is 0.0545. The third-order valence-electron chi connectivity index (χ3n) is 2.29. The van der Waals surface area contributed by atoms with Gasteiger partial charge in [0.25, 0.3) is 0 Å². The van der Waals surface area contributed by atoms with Gasteiger partial charge in [-0.25, -0.2) is 10.8 Å². The van der Waals surface area contributed by atoms with Crippen molar-refractivity contribution in [2.75, 3.05) is 24.5 Å². The maximum atomic E-state index is 12.6. The largest absolute Gasteiger partial charge is 0.433 e. The lowest BCUT2D eigenvalue weighted by Gasteiger charge is -2.16. The lowest BCUT2D eigenvalue weighted by Crippen LogP contribution is -2.21. The van der Waals surface area contributed by atoms with E-state index in [0.717, 1.165) is 6.07 Å². The zero-order valence-electron chi connectivity index (χ0n) is 10.6. The van der Waals surface area contributed by atoms with Crippen LogP contribution in [0.5, 0.6) is 0 Å². The molecular formula is C10H16F3N5O. The van der Waals surface area contributed by atoms with E-state index in [2.05, 4.69) is 15.3 Å². The van der Waals surface area contributed by atoms with Crippen LogP contribution in [0.15, 0.2) is 6.07 Å². The molecule has 4 N–H and O–H groups in total. The van der Waals surface area contributed by atoms with Gasteiger partial charge in [0.15, 0.2) is 5.69 Å². The standard InChI is InChI=1S/C10H16F3N5O/c1-6(3-4-19-2)15-8-5-7(10(11,12)13)16-9(17-8)18-14/h5-6H,3-4,14H2,1-2H3,(H2,15,16,17,18). The highest BCUT2D eigenvalue weighted by Gasteiger charge is 2.33. The van der Waals surface area contributed by atoms with Crippen LogP contribution < -0.4 is 16.6 Å². The van der Waals surface area contributed by atoms with Crippen LogP contribution in [0.3, 0.4) is 0 Å². The van der Waals surface area contributed by atoms with Crippen molar-refractivity contribution in [3.05, 3.63) is 11.8 Å². The van der Waals surface area contributed by atoms with Crippen molar-refractivity contribution in [3.8, 4) is 0 Å². The molecule has 0 aliphatic heterocycles. The quantitative estimate of drug-likeness (QED) is 0.542. The SMILES string of the molecule is COCCC(C)Nc1cc(C(F)(F)F)nc(NN)n1. The molecule has 9 heteroatoms. The fraction of sp³-hybridized carbons (Fsp3) is 0.600. The summed E-state index contributed by atoms with van der Waals surface area (Å²) >= 11 is 0. The third kappa shape index (κ3) is 4.87. The number of halogens is 3. The van der Waals surface area contributed by atoms with Crippen LogP contribution in [-0.4, -0.2) is 29.7 Å². The Balaban J connectivity index is 2.88. The Bertz CT molecular complexity index is 413. The molecule has 0 radical (unpaired) electrons. The molecule has 0 bridgehead atoms. The summed E-state index contributed by atoms with van der Waals surface area (Å²) in [4.78, 5) is 7.07. The molecule has 1 aromatic rings. The van der Waals surface area contributed by atoms with E-state index in [9.17, 15) is 13.2 Å². The van der Waals surface area contributed by atoms with Gasteiger partial charge in [0.05, 0.1) is 0 Å². The monoisotopic (exact) mass is 279 g/mol. The first-order chi connectivity index (χ1) is 8.86. The van der Waals surface area contributed by atoms with E-state index in [0.29, 0.717) is 13.0 Å². The number of ether oxygens (including phenoxy) is 1. The molecule has 0 aromatic carbocycles. The van der Waals surface area contributed by atoms with Crippen LogP contribution >= 0.6 is 0 Å². The van der Waals surface area contributed by atoms with Crippen molar-refractivity contribution in [3.63, 3.8) is 0 Å². The molecular weight excluding hydrogens is 263 g/mol. The fourth-order valence-corrected chi connectivity index (χ4v) is 1.35. The number of alkyl halides is 3. The summed E-state index contributed by atoms with van der Waals surface area (Å²) < 4.78 is 42.7. The van der Waals surface area contributed by atoms with Crippen molar-refractivity contribution in [2.45, 2.75) is 25.6 Å². The summed E-state index contributed by atoms with van der Waals surface area (Å²) in [5.74, 6) is 4.81. The molecule has 6 nitrogen and oxygen atoms in total. The zero-order chi connectivity index (χ0) is 14.5. The predicted octanol–water partition coefficient (Wildman–Crippen LogP) is 1.62. The molecule has 0 aliphatic rings. The van der Waals surface area contributed by atoms with E-state index in [-0.39, 0.29) is 17.8 Å². The Morgan fingerprint density at radius 1 is 1.42 bits per heavy atom. The van der Waals surface area contributed by atoms with Crippen molar-refractivity contribution in [1.82, 2.24) is 9.97 Å². The second-order valence-corrected chi connectivity index (χ2v) is 3.93. The van der Waals surface area contributed by atoms with Gasteiger partial charge in [0.2, 0.25) is 5.95 Å². The number of nitrogens with one attached hydrogen (secondary N) is 2. The molecule has 0 saturated heterocycles. The summed E-state index contributed by atoms with van der Waals surface area (Å²) in [6.07, 6.45) is -3.92. The Labute approximate surface area is 108 Å². The topological polar surface area (TPSA) is 85.1 Å². The molecule has 0 spiro atoms. The van der Waals surface area contributed by atoms with Gasteiger partial charge < -0.3 is 10.1 Å². The van der Waals surface area contributed by atoms with E-state index in [4.69, 9.17) is 10.6 Å². The fourth-order valence-electron chi connectivity index (χ4n) is 1.35. The highest BCUT2D eigenvalue weighted by atomic mass is 19.4. The van der Waals surface area contributed by atoms with Gasteiger partial charge in [-0.15, -0.1) is 0 Å². The molecule has 0 aliphatic carbocycles. The van der Waals surface area contributed by atoms with Gasteiger partial charge in [0, 0.05) is 25.8 Å². The maximum Gasteiger partial charge on any atom is 0.433 e. The van der Waals surface area contributed by atoms with Crippen molar-refractivity contribution in [2.24, 2.45) is 5.84 Å². The van der Waals surface area contributed by atoms with E-state index in [1.165, 1.54) is 0 Å². The summed E-state index contributed by atoms with van der Waals surface area (Å²) in [7, 11) is 1.55. The Morgan fingerprint density at radius 3 is 2.63 bits per heavy atom. The van der Waals surface area contributed by atoms with E-state index >= 15 is 0 Å². The summed E-state index contributed by atoms with van der Waals surface area (Å²) in [5.41, 5.74) is 0.951. The highest BCUT2D eigenvalue weighted by Crippen LogP contribution is 2.29. The molecule has 1 unspecified atom stereocenters. The van der Waals surface area contributed by atoms with Gasteiger partial charge in [-0.3, -0.25) is 5.43 Å². The van der Waals surface area contributed by atoms with Crippen LogP contribution in [0.2, 0.25) is 0 Å². The number of hydrogen-bond acceptors (Lipinski definition) is 6. The molecule has 19 heavy (non-hydrogen) atoms. The average molecular weight is 279 g/mol. The molecule has 1 atom stereocenters. The van der Waals surface area contributed by atoms with Gasteiger partial charge in [-0.05, 0) is 13.3 Å². The number of aromatic nitrogens is 2. The number of hydrazine groups is 1. The lowest BCUT2D eigenvalue weighted by molar-refractivity contribution is -0.141. The summed E-state index contributed by atoms with van der Waals surface area (Å²) in [6, 6.07) is 0.742. The van der Waals surface area contributed by atoms with Crippen molar-refractivity contribution < 1.29 is 17.9 Å². The smallest absolute Gasteiger partial charge is 0.385 e. The highest BCUT2D eigenvalue weighted by molar-refractivity contribution is 5.43. The van der Waals surface area contributed by atoms with Crippen LogP contribution in [0.1, 0.15) is 19.0 Å². The van der Waals surface area contributed by atoms with Crippen LogP contribution in [0.25, 0.3) is 0 Å². The van der Waals surface area contributed by atoms with Crippen molar-refractivity contribution in [1.29, 1.82) is 0 Å². The number of anilines is 2. The number of nitrogens with two attached hydrogens (primary N) is 1. The maximum absolute atomic E-state index is 12.6. The van der Waals surface area contributed by atoms with Gasteiger partial charge in [0.1, 0.15) is 5.82 Å². The molecule has 0 fully saturated rings. The van der Waals surface area contributed by atoms with Crippen LogP contribution in [0.4, 0.5) is 24.9 Å². The minimum atomic E-state index is -4.55. The number of nitrogens with zero attached hydrogens (tertiary/aromatic N) is 2. The van der Waals surface area contributed by atoms with Gasteiger partial charge in [-0.2, -0.15) is 18.2 Å². The Hall–Kier alpha value is -1.61. The van der Waals surface area contributed by atoms with Crippen LogP contribution in [-0.2, 0) is 10.9 Å². The normalized spacial score (nSPS) is 13.2. The predicted molar refractivity (Wildman–Crippen MR) is 64.4 cm³/mol. The van der Waals surface area contributed by atoms with Crippen LogP contribution in [0, 0.1) is 0 Å². The first kappa shape index (κ1) is 15.4.